The Morgan fingerprint density at radius 3 is 2.62 bits per heavy atom. The Morgan fingerprint density at radius 1 is 1.48 bits per heavy atom. The van der Waals surface area contributed by atoms with Crippen LogP contribution >= 0.6 is 0 Å². The zero-order valence-electron chi connectivity index (χ0n) is 12.0. The molecule has 0 saturated heterocycles. The van der Waals surface area contributed by atoms with Crippen molar-refractivity contribution in [2.24, 2.45) is 0 Å². The lowest BCUT2D eigenvalue weighted by Gasteiger charge is -2.22. The number of benzene rings is 1. The van der Waals surface area contributed by atoms with E-state index in [1.807, 2.05) is 0 Å². The van der Waals surface area contributed by atoms with Crippen LogP contribution in [0.1, 0.15) is 12.5 Å². The first-order valence-electron chi connectivity index (χ1n) is 6.05. The summed E-state index contributed by atoms with van der Waals surface area (Å²) in [6, 6.07) is 3.58. The van der Waals surface area contributed by atoms with Crippen LogP contribution in [-0.2, 0) is 14.8 Å². The molecule has 0 fully saturated rings. The van der Waals surface area contributed by atoms with Gasteiger partial charge < -0.3 is 9.84 Å². The van der Waals surface area contributed by atoms with E-state index >= 15 is 0 Å². The van der Waals surface area contributed by atoms with E-state index in [9.17, 15) is 23.6 Å². The molecule has 9 heteroatoms. The molecule has 2 N–H and O–H groups in total. The highest BCUT2D eigenvalue weighted by Crippen LogP contribution is 2.21. The molecule has 0 bridgehead atoms. The summed E-state index contributed by atoms with van der Waals surface area (Å²) in [6.07, 6.45) is 0. The van der Waals surface area contributed by atoms with E-state index in [2.05, 4.69) is 4.72 Å². The molecule has 0 saturated carbocycles. The largest absolute Gasteiger partial charge is 0.386 e. The Bertz CT molecular complexity index is 627. The van der Waals surface area contributed by atoms with Gasteiger partial charge in [0.1, 0.15) is 0 Å². The molecular formula is C12H18N2O6S. The van der Waals surface area contributed by atoms with Gasteiger partial charge in [-0.15, -0.1) is 0 Å². The van der Waals surface area contributed by atoms with Crippen molar-refractivity contribution in [1.29, 1.82) is 0 Å². The van der Waals surface area contributed by atoms with Crippen molar-refractivity contribution in [2.75, 3.05) is 20.3 Å². The Morgan fingerprint density at radius 2 is 2.10 bits per heavy atom. The number of ether oxygens (including phenoxy) is 1. The first-order valence-corrected chi connectivity index (χ1v) is 7.53. The summed E-state index contributed by atoms with van der Waals surface area (Å²) in [5.41, 5.74) is -1.32. The smallest absolute Gasteiger partial charge is 0.270 e. The molecule has 0 amide bonds. The van der Waals surface area contributed by atoms with Gasteiger partial charge >= 0.3 is 0 Å². The predicted molar refractivity (Wildman–Crippen MR) is 75.5 cm³/mol. The average Bonchev–Trinajstić information content (AvgIpc) is 2.36. The van der Waals surface area contributed by atoms with Gasteiger partial charge in [-0.3, -0.25) is 10.1 Å². The highest BCUT2D eigenvalue weighted by Gasteiger charge is 2.26. The van der Waals surface area contributed by atoms with E-state index in [4.69, 9.17) is 4.74 Å². The number of aliphatic hydroxyl groups is 1. The fraction of sp³-hybridized carbons (Fsp3) is 0.500. The second kappa shape index (κ2) is 6.48. The molecule has 1 aromatic rings. The lowest BCUT2D eigenvalue weighted by Crippen LogP contribution is -2.43. The Labute approximate surface area is 122 Å². The topological polar surface area (TPSA) is 119 Å². The van der Waals surface area contributed by atoms with Crippen LogP contribution in [0, 0.1) is 17.0 Å². The number of methoxy groups -OCH3 is 1. The molecule has 1 rings (SSSR count). The minimum atomic E-state index is -3.97. The van der Waals surface area contributed by atoms with Gasteiger partial charge in [0, 0.05) is 25.8 Å². The Kier molecular flexibility index (Phi) is 5.40. The Balaban J connectivity index is 3.03. The third-order valence-corrected chi connectivity index (χ3v) is 4.31. The van der Waals surface area contributed by atoms with Crippen molar-refractivity contribution in [3.8, 4) is 0 Å². The molecule has 1 unspecified atom stereocenters. The predicted octanol–water partition coefficient (Wildman–Crippen LogP) is 0.579. The van der Waals surface area contributed by atoms with E-state index < -0.39 is 20.5 Å². The highest BCUT2D eigenvalue weighted by molar-refractivity contribution is 7.89. The first kappa shape index (κ1) is 17.5. The van der Waals surface area contributed by atoms with Gasteiger partial charge in [-0.1, -0.05) is 6.07 Å². The van der Waals surface area contributed by atoms with Gasteiger partial charge in [0.15, 0.2) is 0 Å². The second-order valence-corrected chi connectivity index (χ2v) is 6.70. The standard InChI is InChI=1S/C12H18N2O6S/c1-9-4-5-10(14(16)17)6-11(9)21(18,19)13-7-12(2,15)8-20-3/h4-6,13,15H,7-8H2,1-3H3. The maximum atomic E-state index is 12.2. The summed E-state index contributed by atoms with van der Waals surface area (Å²) in [7, 11) is -2.59. The summed E-state index contributed by atoms with van der Waals surface area (Å²) < 4.78 is 31.4. The van der Waals surface area contributed by atoms with Crippen LogP contribution in [0.2, 0.25) is 0 Å². The van der Waals surface area contributed by atoms with Crippen LogP contribution in [0.15, 0.2) is 23.1 Å². The average molecular weight is 318 g/mol. The lowest BCUT2D eigenvalue weighted by atomic mass is 10.1. The van der Waals surface area contributed by atoms with Crippen LogP contribution in [0.5, 0.6) is 0 Å². The van der Waals surface area contributed by atoms with Gasteiger partial charge in [-0.2, -0.15) is 0 Å². The highest BCUT2D eigenvalue weighted by atomic mass is 32.2. The number of nitrogens with zero attached hydrogens (tertiary/aromatic N) is 1. The maximum absolute atomic E-state index is 12.2. The SMILES string of the molecule is COCC(C)(O)CNS(=O)(=O)c1cc([N+](=O)[O-])ccc1C. The van der Waals surface area contributed by atoms with Crippen LogP contribution < -0.4 is 4.72 Å². The van der Waals surface area contributed by atoms with E-state index in [1.54, 1.807) is 0 Å². The summed E-state index contributed by atoms with van der Waals surface area (Å²) in [5, 5.41) is 20.6. The second-order valence-electron chi connectivity index (χ2n) is 4.96. The van der Waals surface area contributed by atoms with Crippen LogP contribution in [-0.4, -0.2) is 44.3 Å². The molecule has 0 aliphatic heterocycles. The van der Waals surface area contributed by atoms with Gasteiger partial charge in [0.2, 0.25) is 10.0 Å². The number of sulfonamides is 1. The van der Waals surface area contributed by atoms with E-state index in [0.29, 0.717) is 5.56 Å². The van der Waals surface area contributed by atoms with Gasteiger partial charge in [0.05, 0.1) is 22.0 Å². The summed E-state index contributed by atoms with van der Waals surface area (Å²) >= 11 is 0. The zero-order chi connectivity index (χ0) is 16.3. The molecule has 1 aromatic carbocycles. The molecule has 0 heterocycles. The van der Waals surface area contributed by atoms with Crippen LogP contribution in [0.25, 0.3) is 0 Å². The monoisotopic (exact) mass is 318 g/mol. The van der Waals surface area contributed by atoms with Crippen LogP contribution in [0.4, 0.5) is 5.69 Å². The third-order valence-electron chi connectivity index (χ3n) is 2.77. The van der Waals surface area contributed by atoms with Crippen molar-refractivity contribution in [3.63, 3.8) is 0 Å². The summed E-state index contributed by atoms with van der Waals surface area (Å²) in [5.74, 6) is 0. The number of nitro benzene ring substituents is 1. The first-order chi connectivity index (χ1) is 9.59. The molecule has 0 aliphatic carbocycles. The molecule has 0 radical (unpaired) electrons. The Hall–Kier alpha value is -1.55. The van der Waals surface area contributed by atoms with Crippen molar-refractivity contribution in [1.82, 2.24) is 4.72 Å². The molecular weight excluding hydrogens is 300 g/mol. The molecule has 0 aliphatic rings. The van der Waals surface area contributed by atoms with E-state index in [1.165, 1.54) is 33.1 Å². The lowest BCUT2D eigenvalue weighted by molar-refractivity contribution is -0.385. The summed E-state index contributed by atoms with van der Waals surface area (Å²) in [4.78, 5) is 9.87. The zero-order valence-corrected chi connectivity index (χ0v) is 12.8. The van der Waals surface area contributed by atoms with Crippen molar-refractivity contribution < 1.29 is 23.2 Å². The minimum Gasteiger partial charge on any atom is -0.386 e. The molecule has 118 valence electrons. The van der Waals surface area contributed by atoms with Crippen molar-refractivity contribution >= 4 is 15.7 Å². The number of hydrogen-bond acceptors (Lipinski definition) is 6. The maximum Gasteiger partial charge on any atom is 0.270 e. The fourth-order valence-corrected chi connectivity index (χ4v) is 3.11. The fourth-order valence-electron chi connectivity index (χ4n) is 1.68. The number of non-ortho nitro benzene ring substituents is 1. The number of nitrogens with one attached hydrogen (secondary N) is 1. The van der Waals surface area contributed by atoms with Crippen LogP contribution in [0.3, 0.4) is 0 Å². The van der Waals surface area contributed by atoms with Gasteiger partial charge in [0.25, 0.3) is 5.69 Å². The van der Waals surface area contributed by atoms with Crippen molar-refractivity contribution in [2.45, 2.75) is 24.3 Å². The molecule has 8 nitrogen and oxygen atoms in total. The number of hydrogen-bond donors (Lipinski definition) is 2. The van der Waals surface area contributed by atoms with Crippen molar-refractivity contribution in [3.05, 3.63) is 33.9 Å². The number of nitro groups is 1. The quantitative estimate of drug-likeness (QED) is 0.560. The molecule has 21 heavy (non-hydrogen) atoms. The van der Waals surface area contributed by atoms with E-state index in [-0.39, 0.29) is 23.7 Å². The molecule has 0 aromatic heterocycles. The number of aryl methyl sites for hydroxylation is 1. The summed E-state index contributed by atoms with van der Waals surface area (Å²) in [6.45, 7) is 2.62. The third kappa shape index (κ3) is 4.74. The van der Waals surface area contributed by atoms with E-state index in [0.717, 1.165) is 6.07 Å². The molecule has 1 atom stereocenters. The minimum absolute atomic E-state index is 0.0521. The normalized spacial score (nSPS) is 14.7. The van der Waals surface area contributed by atoms with Gasteiger partial charge in [-0.25, -0.2) is 13.1 Å². The molecule has 0 spiro atoms. The van der Waals surface area contributed by atoms with Gasteiger partial charge in [-0.05, 0) is 19.4 Å². The number of rotatable bonds is 7.